The van der Waals surface area contributed by atoms with Crippen molar-refractivity contribution in [3.63, 3.8) is 0 Å². The standard InChI is InChI=1S/C13H10ClFN2O2/c1-8(18)17-9-2-3-12(11(15)6-9)19-10-4-5-16-13(14)7-10/h2-7H,1H3,(H,17,18). The van der Waals surface area contributed by atoms with Gasteiger partial charge in [-0.2, -0.15) is 0 Å². The number of aromatic nitrogens is 1. The number of amides is 1. The molecule has 1 aromatic carbocycles. The smallest absolute Gasteiger partial charge is 0.221 e. The van der Waals surface area contributed by atoms with Crippen molar-refractivity contribution < 1.29 is 13.9 Å². The summed E-state index contributed by atoms with van der Waals surface area (Å²) in [6.45, 7) is 1.35. The monoisotopic (exact) mass is 280 g/mol. The van der Waals surface area contributed by atoms with E-state index >= 15 is 0 Å². The summed E-state index contributed by atoms with van der Waals surface area (Å²) in [5.74, 6) is -0.435. The Morgan fingerprint density at radius 2 is 2.16 bits per heavy atom. The molecule has 1 N–H and O–H groups in total. The second kappa shape index (κ2) is 5.67. The van der Waals surface area contributed by atoms with Gasteiger partial charge in [0.1, 0.15) is 10.9 Å². The maximum atomic E-state index is 13.8. The van der Waals surface area contributed by atoms with Gasteiger partial charge in [-0.15, -0.1) is 0 Å². The van der Waals surface area contributed by atoms with Gasteiger partial charge in [0, 0.05) is 30.9 Å². The van der Waals surface area contributed by atoms with Crippen molar-refractivity contribution in [1.29, 1.82) is 0 Å². The first-order valence-electron chi connectivity index (χ1n) is 5.41. The molecular formula is C13H10ClFN2O2. The highest BCUT2D eigenvalue weighted by Crippen LogP contribution is 2.27. The van der Waals surface area contributed by atoms with Crippen molar-refractivity contribution in [3.8, 4) is 11.5 Å². The van der Waals surface area contributed by atoms with Gasteiger partial charge >= 0.3 is 0 Å². The van der Waals surface area contributed by atoms with Crippen molar-refractivity contribution in [2.75, 3.05) is 5.32 Å². The van der Waals surface area contributed by atoms with Crippen LogP contribution in [0.3, 0.4) is 0 Å². The lowest BCUT2D eigenvalue weighted by atomic mass is 10.3. The van der Waals surface area contributed by atoms with Gasteiger partial charge in [0.2, 0.25) is 5.91 Å². The number of ether oxygens (including phenoxy) is 1. The second-order valence-electron chi connectivity index (χ2n) is 3.74. The molecule has 1 aromatic heterocycles. The van der Waals surface area contributed by atoms with Crippen LogP contribution in [0.2, 0.25) is 5.15 Å². The molecule has 4 nitrogen and oxygen atoms in total. The van der Waals surface area contributed by atoms with E-state index in [9.17, 15) is 9.18 Å². The molecule has 0 saturated carbocycles. The Labute approximate surface area is 114 Å². The number of hydrogen-bond acceptors (Lipinski definition) is 3. The van der Waals surface area contributed by atoms with Gasteiger partial charge < -0.3 is 10.1 Å². The molecule has 0 saturated heterocycles. The summed E-state index contributed by atoms with van der Waals surface area (Å²) < 4.78 is 19.1. The zero-order valence-electron chi connectivity index (χ0n) is 9.98. The van der Waals surface area contributed by atoms with Crippen LogP contribution >= 0.6 is 11.6 Å². The van der Waals surface area contributed by atoms with Crippen molar-refractivity contribution in [1.82, 2.24) is 4.98 Å². The van der Waals surface area contributed by atoms with Crippen LogP contribution in [0.1, 0.15) is 6.92 Å². The highest BCUT2D eigenvalue weighted by atomic mass is 35.5. The number of nitrogens with one attached hydrogen (secondary N) is 1. The van der Waals surface area contributed by atoms with Crippen molar-refractivity contribution >= 4 is 23.2 Å². The number of pyridine rings is 1. The predicted octanol–water partition coefficient (Wildman–Crippen LogP) is 3.62. The molecule has 19 heavy (non-hydrogen) atoms. The number of benzene rings is 1. The first kappa shape index (κ1) is 13.3. The van der Waals surface area contributed by atoms with Crippen LogP contribution in [0.5, 0.6) is 11.5 Å². The van der Waals surface area contributed by atoms with Crippen LogP contribution < -0.4 is 10.1 Å². The fraction of sp³-hybridized carbons (Fsp3) is 0.0769. The molecule has 2 rings (SSSR count). The molecule has 6 heteroatoms. The fourth-order valence-electron chi connectivity index (χ4n) is 1.44. The van der Waals surface area contributed by atoms with E-state index in [0.29, 0.717) is 11.4 Å². The lowest BCUT2D eigenvalue weighted by Gasteiger charge is -2.08. The Bertz CT molecular complexity index is 619. The average molecular weight is 281 g/mol. The normalized spacial score (nSPS) is 10.1. The quantitative estimate of drug-likeness (QED) is 0.874. The third-order valence-electron chi connectivity index (χ3n) is 2.18. The average Bonchev–Trinajstić information content (AvgIpc) is 2.32. The minimum atomic E-state index is -0.584. The molecule has 0 aliphatic rings. The number of carbonyl (C=O) groups excluding carboxylic acids is 1. The minimum absolute atomic E-state index is 0.0383. The fourth-order valence-corrected chi connectivity index (χ4v) is 1.60. The number of hydrogen-bond donors (Lipinski definition) is 1. The molecular weight excluding hydrogens is 271 g/mol. The molecule has 2 aromatic rings. The number of carbonyl (C=O) groups is 1. The molecule has 0 spiro atoms. The Balaban J connectivity index is 2.19. The van der Waals surface area contributed by atoms with Gasteiger partial charge in [-0.3, -0.25) is 4.79 Å². The van der Waals surface area contributed by atoms with Crippen LogP contribution in [0.4, 0.5) is 10.1 Å². The highest BCUT2D eigenvalue weighted by molar-refractivity contribution is 6.29. The largest absolute Gasteiger partial charge is 0.454 e. The minimum Gasteiger partial charge on any atom is -0.454 e. The van der Waals surface area contributed by atoms with Crippen molar-refractivity contribution in [3.05, 3.63) is 47.5 Å². The van der Waals surface area contributed by atoms with Crippen LogP contribution in [0, 0.1) is 5.82 Å². The Hall–Kier alpha value is -2.14. The summed E-state index contributed by atoms with van der Waals surface area (Å²) >= 11 is 5.70. The van der Waals surface area contributed by atoms with E-state index in [0.717, 1.165) is 0 Å². The van der Waals surface area contributed by atoms with Crippen LogP contribution in [0.25, 0.3) is 0 Å². The number of anilines is 1. The summed E-state index contributed by atoms with van der Waals surface area (Å²) in [4.78, 5) is 14.6. The third kappa shape index (κ3) is 3.66. The van der Waals surface area contributed by atoms with Crippen LogP contribution in [-0.4, -0.2) is 10.9 Å². The van der Waals surface area contributed by atoms with E-state index in [-0.39, 0.29) is 16.8 Å². The van der Waals surface area contributed by atoms with E-state index in [1.807, 2.05) is 0 Å². The molecule has 0 aliphatic carbocycles. The zero-order chi connectivity index (χ0) is 13.8. The molecule has 0 aliphatic heterocycles. The Kier molecular flexibility index (Phi) is 3.97. The zero-order valence-corrected chi connectivity index (χ0v) is 10.7. The van der Waals surface area contributed by atoms with E-state index in [4.69, 9.17) is 16.3 Å². The molecule has 0 bridgehead atoms. The van der Waals surface area contributed by atoms with Crippen molar-refractivity contribution in [2.24, 2.45) is 0 Å². The number of rotatable bonds is 3. The van der Waals surface area contributed by atoms with Gasteiger partial charge in [-0.1, -0.05) is 11.6 Å². The first-order chi connectivity index (χ1) is 9.04. The SMILES string of the molecule is CC(=O)Nc1ccc(Oc2ccnc(Cl)c2)c(F)c1. The highest BCUT2D eigenvalue weighted by Gasteiger charge is 2.07. The number of nitrogens with zero attached hydrogens (tertiary/aromatic N) is 1. The predicted molar refractivity (Wildman–Crippen MR) is 70.0 cm³/mol. The van der Waals surface area contributed by atoms with Crippen molar-refractivity contribution in [2.45, 2.75) is 6.92 Å². The molecule has 0 unspecified atom stereocenters. The maximum Gasteiger partial charge on any atom is 0.221 e. The topological polar surface area (TPSA) is 51.2 Å². The molecule has 1 amide bonds. The lowest BCUT2D eigenvalue weighted by Crippen LogP contribution is -2.05. The molecule has 1 heterocycles. The summed E-state index contributed by atoms with van der Waals surface area (Å²) in [7, 11) is 0. The first-order valence-corrected chi connectivity index (χ1v) is 5.79. The van der Waals surface area contributed by atoms with Crippen LogP contribution in [-0.2, 0) is 4.79 Å². The Morgan fingerprint density at radius 3 is 2.79 bits per heavy atom. The summed E-state index contributed by atoms with van der Waals surface area (Å²) in [6.07, 6.45) is 1.46. The number of halogens is 2. The lowest BCUT2D eigenvalue weighted by molar-refractivity contribution is -0.114. The Morgan fingerprint density at radius 1 is 1.37 bits per heavy atom. The second-order valence-corrected chi connectivity index (χ2v) is 4.13. The van der Waals surface area contributed by atoms with Gasteiger partial charge in [0.05, 0.1) is 0 Å². The van der Waals surface area contributed by atoms with E-state index in [1.165, 1.54) is 31.3 Å². The third-order valence-corrected chi connectivity index (χ3v) is 2.38. The summed E-state index contributed by atoms with van der Waals surface area (Å²) in [5.41, 5.74) is 0.366. The molecule has 0 atom stereocenters. The van der Waals surface area contributed by atoms with Gasteiger partial charge in [0.25, 0.3) is 0 Å². The van der Waals surface area contributed by atoms with Gasteiger partial charge in [0.15, 0.2) is 11.6 Å². The van der Waals surface area contributed by atoms with Gasteiger partial charge in [-0.25, -0.2) is 9.37 Å². The molecule has 0 fully saturated rings. The van der Waals surface area contributed by atoms with E-state index in [2.05, 4.69) is 10.3 Å². The van der Waals surface area contributed by atoms with E-state index in [1.54, 1.807) is 12.1 Å². The van der Waals surface area contributed by atoms with E-state index < -0.39 is 5.82 Å². The van der Waals surface area contributed by atoms with Gasteiger partial charge in [-0.05, 0) is 18.2 Å². The summed E-state index contributed by atoms with van der Waals surface area (Å²) in [6, 6.07) is 7.19. The van der Waals surface area contributed by atoms with Crippen LogP contribution in [0.15, 0.2) is 36.5 Å². The molecule has 98 valence electrons. The molecule has 0 radical (unpaired) electrons. The maximum absolute atomic E-state index is 13.8. The summed E-state index contributed by atoms with van der Waals surface area (Å²) in [5, 5.41) is 2.74.